The zero-order chi connectivity index (χ0) is 10.5. The van der Waals surface area contributed by atoms with Crippen molar-refractivity contribution in [3.8, 4) is 0 Å². The normalized spacial score (nSPS) is 21.0. The molecule has 0 spiro atoms. The van der Waals surface area contributed by atoms with Gasteiger partial charge in [0.2, 0.25) is 5.89 Å². The Morgan fingerprint density at radius 2 is 2.53 bits per heavy atom. The summed E-state index contributed by atoms with van der Waals surface area (Å²) in [5, 5.41) is 7.20. The summed E-state index contributed by atoms with van der Waals surface area (Å²) >= 11 is 0. The molecule has 84 valence electrons. The number of nitrogens with one attached hydrogen (secondary N) is 1. The zero-order valence-electron chi connectivity index (χ0n) is 9.03. The summed E-state index contributed by atoms with van der Waals surface area (Å²) in [6.07, 6.45) is 3.26. The molecule has 1 aromatic heterocycles. The minimum absolute atomic E-state index is 0.248. The highest BCUT2D eigenvalue weighted by Crippen LogP contribution is 2.21. The van der Waals surface area contributed by atoms with Crippen LogP contribution in [0.25, 0.3) is 0 Å². The van der Waals surface area contributed by atoms with E-state index in [-0.39, 0.29) is 6.04 Å². The summed E-state index contributed by atoms with van der Waals surface area (Å²) in [5.74, 6) is 1.34. The molecule has 1 N–H and O–H groups in total. The summed E-state index contributed by atoms with van der Waals surface area (Å²) in [6, 6.07) is 0.248. The largest absolute Gasteiger partial charge is 0.373 e. The van der Waals surface area contributed by atoms with Gasteiger partial charge in [0, 0.05) is 6.61 Å². The fraction of sp³-hybridized carbons (Fsp3) is 0.800. The van der Waals surface area contributed by atoms with Gasteiger partial charge in [0.05, 0.1) is 6.04 Å². The van der Waals surface area contributed by atoms with E-state index in [4.69, 9.17) is 9.26 Å². The van der Waals surface area contributed by atoms with Crippen molar-refractivity contribution in [3.05, 3.63) is 11.7 Å². The van der Waals surface area contributed by atoms with E-state index in [9.17, 15) is 0 Å². The van der Waals surface area contributed by atoms with Gasteiger partial charge in [-0.2, -0.15) is 4.98 Å². The van der Waals surface area contributed by atoms with E-state index in [1.165, 1.54) is 6.42 Å². The molecule has 0 bridgehead atoms. The molecular formula is C10H17N3O2. The minimum Gasteiger partial charge on any atom is -0.373 e. The summed E-state index contributed by atoms with van der Waals surface area (Å²) in [4.78, 5) is 4.30. The first-order valence-electron chi connectivity index (χ1n) is 5.53. The highest BCUT2D eigenvalue weighted by atomic mass is 16.5. The average Bonchev–Trinajstić information content (AvgIpc) is 2.87. The second kappa shape index (κ2) is 5.23. The highest BCUT2D eigenvalue weighted by Gasteiger charge is 2.22. The quantitative estimate of drug-likeness (QED) is 0.746. The first kappa shape index (κ1) is 10.6. The highest BCUT2D eigenvalue weighted by molar-refractivity contribution is 4.94. The van der Waals surface area contributed by atoms with Gasteiger partial charge in [-0.05, 0) is 25.8 Å². The van der Waals surface area contributed by atoms with Crippen LogP contribution < -0.4 is 5.32 Å². The molecule has 1 atom stereocenters. The van der Waals surface area contributed by atoms with Crippen LogP contribution in [0, 0.1) is 0 Å². The maximum atomic E-state index is 5.34. The van der Waals surface area contributed by atoms with Crippen LogP contribution in [0.5, 0.6) is 0 Å². The topological polar surface area (TPSA) is 60.2 Å². The van der Waals surface area contributed by atoms with Crippen molar-refractivity contribution in [2.45, 2.75) is 38.8 Å². The SMILES string of the molecule is CCCOCc1noc(C2CCCN2)n1. The Bertz CT molecular complexity index is 295. The third-order valence-corrected chi connectivity index (χ3v) is 2.42. The van der Waals surface area contributed by atoms with Crippen LogP contribution >= 0.6 is 0 Å². The first-order valence-corrected chi connectivity index (χ1v) is 5.53. The van der Waals surface area contributed by atoms with Crippen LogP contribution in [0.4, 0.5) is 0 Å². The van der Waals surface area contributed by atoms with Gasteiger partial charge in [-0.15, -0.1) is 0 Å². The lowest BCUT2D eigenvalue weighted by Crippen LogP contribution is -2.13. The van der Waals surface area contributed by atoms with Crippen molar-refractivity contribution in [1.82, 2.24) is 15.5 Å². The van der Waals surface area contributed by atoms with Crippen molar-refractivity contribution >= 4 is 0 Å². The van der Waals surface area contributed by atoms with Crippen molar-refractivity contribution < 1.29 is 9.26 Å². The fourth-order valence-electron chi connectivity index (χ4n) is 1.67. The maximum absolute atomic E-state index is 5.34. The van der Waals surface area contributed by atoms with Crippen molar-refractivity contribution in [2.75, 3.05) is 13.2 Å². The predicted octanol–water partition coefficient (Wildman–Crippen LogP) is 1.42. The standard InChI is InChI=1S/C10H17N3O2/c1-2-6-14-7-9-12-10(15-13-9)8-4-3-5-11-8/h8,11H,2-7H2,1H3. The molecule has 0 amide bonds. The van der Waals surface area contributed by atoms with Gasteiger partial charge in [0.15, 0.2) is 5.82 Å². The lowest BCUT2D eigenvalue weighted by Gasteiger charge is -2.01. The van der Waals surface area contributed by atoms with Crippen molar-refractivity contribution in [2.24, 2.45) is 0 Å². The molecule has 1 saturated heterocycles. The van der Waals surface area contributed by atoms with Gasteiger partial charge in [0.25, 0.3) is 0 Å². The Morgan fingerprint density at radius 3 is 3.27 bits per heavy atom. The van der Waals surface area contributed by atoms with E-state index in [1.54, 1.807) is 0 Å². The second-order valence-corrected chi connectivity index (χ2v) is 3.75. The van der Waals surface area contributed by atoms with Crippen molar-refractivity contribution in [3.63, 3.8) is 0 Å². The molecule has 0 aromatic carbocycles. The van der Waals surface area contributed by atoms with Crippen LogP contribution in [0.3, 0.4) is 0 Å². The predicted molar refractivity (Wildman–Crippen MR) is 54.2 cm³/mol. The molecule has 1 aliphatic heterocycles. The minimum atomic E-state index is 0.248. The molecule has 1 unspecified atom stereocenters. The molecule has 1 fully saturated rings. The van der Waals surface area contributed by atoms with E-state index in [2.05, 4.69) is 22.4 Å². The Labute approximate surface area is 89.2 Å². The molecule has 5 heteroatoms. The molecule has 0 saturated carbocycles. The Morgan fingerprint density at radius 1 is 1.60 bits per heavy atom. The van der Waals surface area contributed by atoms with Crippen LogP contribution in [-0.2, 0) is 11.3 Å². The van der Waals surface area contributed by atoms with E-state index < -0.39 is 0 Å². The Kier molecular flexibility index (Phi) is 3.69. The van der Waals surface area contributed by atoms with Gasteiger partial charge < -0.3 is 14.6 Å². The Hall–Kier alpha value is -0.940. The van der Waals surface area contributed by atoms with Crippen LogP contribution in [0.1, 0.15) is 43.9 Å². The maximum Gasteiger partial charge on any atom is 0.243 e. The van der Waals surface area contributed by atoms with E-state index in [0.717, 1.165) is 26.0 Å². The Balaban J connectivity index is 1.86. The summed E-state index contributed by atoms with van der Waals surface area (Å²) < 4.78 is 10.5. The fourth-order valence-corrected chi connectivity index (χ4v) is 1.67. The van der Waals surface area contributed by atoms with Gasteiger partial charge in [0.1, 0.15) is 6.61 Å². The van der Waals surface area contributed by atoms with Crippen LogP contribution in [-0.4, -0.2) is 23.3 Å². The van der Waals surface area contributed by atoms with Gasteiger partial charge >= 0.3 is 0 Å². The number of ether oxygens (including phenoxy) is 1. The molecule has 2 rings (SSSR count). The average molecular weight is 211 g/mol. The lowest BCUT2D eigenvalue weighted by atomic mass is 10.2. The number of nitrogens with zero attached hydrogens (tertiary/aromatic N) is 2. The molecule has 0 aliphatic carbocycles. The second-order valence-electron chi connectivity index (χ2n) is 3.75. The molecule has 2 heterocycles. The van der Waals surface area contributed by atoms with Crippen LogP contribution in [0.2, 0.25) is 0 Å². The number of aromatic nitrogens is 2. The van der Waals surface area contributed by atoms with Crippen LogP contribution in [0.15, 0.2) is 4.52 Å². The molecule has 1 aliphatic rings. The summed E-state index contributed by atoms with van der Waals surface area (Å²) in [6.45, 7) is 4.30. The van der Waals surface area contributed by atoms with Crippen molar-refractivity contribution in [1.29, 1.82) is 0 Å². The molecule has 15 heavy (non-hydrogen) atoms. The monoisotopic (exact) mass is 211 g/mol. The summed E-state index contributed by atoms with van der Waals surface area (Å²) in [7, 11) is 0. The third kappa shape index (κ3) is 2.76. The van der Waals surface area contributed by atoms with Gasteiger partial charge in [-0.25, -0.2) is 0 Å². The van der Waals surface area contributed by atoms with Gasteiger partial charge in [-0.3, -0.25) is 0 Å². The molecular weight excluding hydrogens is 194 g/mol. The zero-order valence-corrected chi connectivity index (χ0v) is 9.03. The lowest BCUT2D eigenvalue weighted by molar-refractivity contribution is 0.114. The molecule has 1 aromatic rings. The molecule has 5 nitrogen and oxygen atoms in total. The van der Waals surface area contributed by atoms with Gasteiger partial charge in [-0.1, -0.05) is 12.1 Å². The number of rotatable bonds is 5. The number of hydrogen-bond donors (Lipinski definition) is 1. The van der Waals surface area contributed by atoms with E-state index in [1.807, 2.05) is 0 Å². The number of hydrogen-bond acceptors (Lipinski definition) is 5. The first-order chi connectivity index (χ1) is 7.40. The smallest absolute Gasteiger partial charge is 0.243 e. The summed E-state index contributed by atoms with van der Waals surface area (Å²) in [5.41, 5.74) is 0. The molecule has 0 radical (unpaired) electrons. The third-order valence-electron chi connectivity index (χ3n) is 2.42. The van der Waals surface area contributed by atoms with E-state index >= 15 is 0 Å². The van der Waals surface area contributed by atoms with E-state index in [0.29, 0.717) is 18.3 Å².